The number of likely N-dealkylation sites (tertiary alicyclic amines) is 1. The number of anilines is 1. The van der Waals surface area contributed by atoms with E-state index in [4.69, 9.17) is 4.74 Å². The number of methoxy groups -OCH3 is 1. The van der Waals surface area contributed by atoms with Crippen LogP contribution in [0.15, 0.2) is 18.3 Å². The number of hydrogen-bond donors (Lipinski definition) is 1. The van der Waals surface area contributed by atoms with E-state index in [0.29, 0.717) is 18.0 Å². The van der Waals surface area contributed by atoms with Gasteiger partial charge in [-0.15, -0.1) is 0 Å². The van der Waals surface area contributed by atoms with Crippen molar-refractivity contribution >= 4 is 11.7 Å². The van der Waals surface area contributed by atoms with E-state index in [1.54, 1.807) is 19.4 Å². The SMILES string of the molecule is CCCNc1cc(C(=O)N2CCC(C)C(OC)C2)ccn1. The third-order valence-corrected chi connectivity index (χ3v) is 4.04. The fraction of sp³-hybridized carbons (Fsp3) is 0.625. The van der Waals surface area contributed by atoms with Crippen LogP contribution in [0, 0.1) is 5.92 Å². The standard InChI is InChI=1S/C16H25N3O2/c1-4-7-17-15-10-13(5-8-18-15)16(20)19-9-6-12(2)14(11-19)21-3/h5,8,10,12,14H,4,6-7,9,11H2,1-3H3,(H,17,18). The predicted octanol–water partition coefficient (Wildman–Crippen LogP) is 2.40. The van der Waals surface area contributed by atoms with E-state index in [1.807, 2.05) is 11.0 Å². The van der Waals surface area contributed by atoms with Gasteiger partial charge in [0.05, 0.1) is 6.10 Å². The Balaban J connectivity index is 2.05. The zero-order chi connectivity index (χ0) is 15.2. The molecule has 2 unspecified atom stereocenters. The van der Waals surface area contributed by atoms with Gasteiger partial charge < -0.3 is 15.0 Å². The predicted molar refractivity (Wildman–Crippen MR) is 83.5 cm³/mol. The maximum atomic E-state index is 12.6. The number of carbonyl (C=O) groups excluding carboxylic acids is 1. The fourth-order valence-corrected chi connectivity index (χ4v) is 2.62. The lowest BCUT2D eigenvalue weighted by Crippen LogP contribution is -2.46. The molecular weight excluding hydrogens is 266 g/mol. The molecule has 5 nitrogen and oxygen atoms in total. The van der Waals surface area contributed by atoms with E-state index in [1.165, 1.54) is 0 Å². The second kappa shape index (κ2) is 7.41. The minimum absolute atomic E-state index is 0.0610. The van der Waals surface area contributed by atoms with Gasteiger partial charge in [0.2, 0.25) is 0 Å². The molecule has 2 heterocycles. The van der Waals surface area contributed by atoms with E-state index in [-0.39, 0.29) is 12.0 Å². The largest absolute Gasteiger partial charge is 0.379 e. The number of piperidine rings is 1. The summed E-state index contributed by atoms with van der Waals surface area (Å²) < 4.78 is 5.48. The first-order valence-electron chi connectivity index (χ1n) is 7.67. The number of nitrogens with zero attached hydrogens (tertiary/aromatic N) is 2. The summed E-state index contributed by atoms with van der Waals surface area (Å²) in [6, 6.07) is 3.61. The van der Waals surface area contributed by atoms with Gasteiger partial charge in [-0.05, 0) is 30.9 Å². The van der Waals surface area contributed by atoms with Crippen molar-refractivity contribution in [3.8, 4) is 0 Å². The number of carbonyl (C=O) groups is 1. The van der Waals surface area contributed by atoms with Crippen LogP contribution in [0.1, 0.15) is 37.0 Å². The second-order valence-corrected chi connectivity index (χ2v) is 5.65. The topological polar surface area (TPSA) is 54.5 Å². The molecule has 0 radical (unpaired) electrons. The van der Waals surface area contributed by atoms with Gasteiger partial charge >= 0.3 is 0 Å². The van der Waals surface area contributed by atoms with Crippen molar-refractivity contribution in [3.05, 3.63) is 23.9 Å². The highest BCUT2D eigenvalue weighted by molar-refractivity contribution is 5.94. The van der Waals surface area contributed by atoms with Crippen molar-refractivity contribution in [2.45, 2.75) is 32.8 Å². The molecule has 1 aromatic rings. The third-order valence-electron chi connectivity index (χ3n) is 4.04. The minimum Gasteiger partial charge on any atom is -0.379 e. The summed E-state index contributed by atoms with van der Waals surface area (Å²) >= 11 is 0. The molecule has 116 valence electrons. The van der Waals surface area contributed by atoms with Crippen LogP contribution in [0.3, 0.4) is 0 Å². The Hall–Kier alpha value is -1.62. The average molecular weight is 291 g/mol. The highest BCUT2D eigenvalue weighted by atomic mass is 16.5. The molecule has 0 spiro atoms. The van der Waals surface area contributed by atoms with Crippen molar-refractivity contribution in [2.24, 2.45) is 5.92 Å². The van der Waals surface area contributed by atoms with E-state index in [9.17, 15) is 4.79 Å². The van der Waals surface area contributed by atoms with Crippen molar-refractivity contribution < 1.29 is 9.53 Å². The molecule has 1 fully saturated rings. The van der Waals surface area contributed by atoms with Crippen LogP contribution >= 0.6 is 0 Å². The molecule has 0 saturated carbocycles. The van der Waals surface area contributed by atoms with Gasteiger partial charge in [0.15, 0.2) is 0 Å². The normalized spacial score (nSPS) is 22.1. The first-order valence-corrected chi connectivity index (χ1v) is 7.67. The van der Waals surface area contributed by atoms with E-state index >= 15 is 0 Å². The molecule has 5 heteroatoms. The number of aromatic nitrogens is 1. The van der Waals surface area contributed by atoms with Crippen LogP contribution in [-0.2, 0) is 4.74 Å². The molecule has 0 aliphatic carbocycles. The third kappa shape index (κ3) is 3.94. The summed E-state index contributed by atoms with van der Waals surface area (Å²) in [5, 5.41) is 3.21. The number of pyridine rings is 1. The molecule has 1 amide bonds. The van der Waals surface area contributed by atoms with Gasteiger partial charge in [0, 0.05) is 38.5 Å². The van der Waals surface area contributed by atoms with Crippen LogP contribution in [0.2, 0.25) is 0 Å². The summed E-state index contributed by atoms with van der Waals surface area (Å²) in [5.74, 6) is 1.32. The summed E-state index contributed by atoms with van der Waals surface area (Å²) in [6.07, 6.45) is 3.82. The maximum absolute atomic E-state index is 12.6. The number of nitrogens with one attached hydrogen (secondary N) is 1. The number of amides is 1. The summed E-state index contributed by atoms with van der Waals surface area (Å²) in [4.78, 5) is 18.7. The van der Waals surface area contributed by atoms with Crippen LogP contribution < -0.4 is 5.32 Å². The smallest absolute Gasteiger partial charge is 0.254 e. The van der Waals surface area contributed by atoms with Gasteiger partial charge in [0.25, 0.3) is 5.91 Å². The Morgan fingerprint density at radius 3 is 3.10 bits per heavy atom. The second-order valence-electron chi connectivity index (χ2n) is 5.65. The maximum Gasteiger partial charge on any atom is 0.254 e. The number of ether oxygens (including phenoxy) is 1. The molecule has 1 aliphatic heterocycles. The molecule has 2 rings (SSSR count). The number of hydrogen-bond acceptors (Lipinski definition) is 4. The molecule has 1 aromatic heterocycles. The monoisotopic (exact) mass is 291 g/mol. The van der Waals surface area contributed by atoms with Gasteiger partial charge in [-0.25, -0.2) is 4.98 Å². The molecule has 0 aromatic carbocycles. The minimum atomic E-state index is 0.0610. The van der Waals surface area contributed by atoms with E-state index < -0.39 is 0 Å². The summed E-state index contributed by atoms with van der Waals surface area (Å²) in [7, 11) is 1.72. The molecule has 1 N–H and O–H groups in total. The molecule has 0 bridgehead atoms. The van der Waals surface area contributed by atoms with Crippen LogP contribution in [-0.4, -0.2) is 48.6 Å². The van der Waals surface area contributed by atoms with Crippen LogP contribution in [0.25, 0.3) is 0 Å². The average Bonchev–Trinajstić information content (AvgIpc) is 2.53. The zero-order valence-electron chi connectivity index (χ0n) is 13.1. The zero-order valence-corrected chi connectivity index (χ0v) is 13.1. The quantitative estimate of drug-likeness (QED) is 0.905. The molecule has 2 atom stereocenters. The summed E-state index contributed by atoms with van der Waals surface area (Å²) in [5.41, 5.74) is 0.688. The van der Waals surface area contributed by atoms with Gasteiger partial charge in [-0.3, -0.25) is 4.79 Å². The summed E-state index contributed by atoms with van der Waals surface area (Å²) in [6.45, 7) is 6.59. The van der Waals surface area contributed by atoms with Crippen molar-refractivity contribution in [3.63, 3.8) is 0 Å². The highest BCUT2D eigenvalue weighted by Crippen LogP contribution is 2.21. The van der Waals surface area contributed by atoms with Gasteiger partial charge in [-0.2, -0.15) is 0 Å². The van der Waals surface area contributed by atoms with Crippen molar-refractivity contribution in [1.29, 1.82) is 0 Å². The number of rotatable bonds is 5. The fourth-order valence-electron chi connectivity index (χ4n) is 2.62. The highest BCUT2D eigenvalue weighted by Gasteiger charge is 2.29. The molecular formula is C16H25N3O2. The molecule has 21 heavy (non-hydrogen) atoms. The Labute approximate surface area is 126 Å². The first kappa shape index (κ1) is 15.8. The van der Waals surface area contributed by atoms with Crippen LogP contribution in [0.5, 0.6) is 0 Å². The van der Waals surface area contributed by atoms with Crippen molar-refractivity contribution in [2.75, 3.05) is 32.1 Å². The van der Waals surface area contributed by atoms with Gasteiger partial charge in [-0.1, -0.05) is 13.8 Å². The lowest BCUT2D eigenvalue weighted by Gasteiger charge is -2.36. The lowest BCUT2D eigenvalue weighted by molar-refractivity contribution is -0.00156. The van der Waals surface area contributed by atoms with Crippen LogP contribution in [0.4, 0.5) is 5.82 Å². The molecule has 1 aliphatic rings. The molecule has 1 saturated heterocycles. The Morgan fingerprint density at radius 1 is 1.57 bits per heavy atom. The Kier molecular flexibility index (Phi) is 5.56. The first-order chi connectivity index (χ1) is 10.2. The van der Waals surface area contributed by atoms with Gasteiger partial charge in [0.1, 0.15) is 5.82 Å². The van der Waals surface area contributed by atoms with E-state index in [2.05, 4.69) is 24.1 Å². The van der Waals surface area contributed by atoms with Crippen molar-refractivity contribution in [1.82, 2.24) is 9.88 Å². The Morgan fingerprint density at radius 2 is 2.38 bits per heavy atom. The lowest BCUT2D eigenvalue weighted by atomic mass is 9.95. The van der Waals surface area contributed by atoms with E-state index in [0.717, 1.165) is 31.7 Å². The Bertz CT molecular complexity index is 478.